The van der Waals surface area contributed by atoms with E-state index in [4.69, 9.17) is 9.15 Å². The Morgan fingerprint density at radius 3 is 2.48 bits per heavy atom. The highest BCUT2D eigenvalue weighted by Crippen LogP contribution is 2.25. The van der Waals surface area contributed by atoms with Gasteiger partial charge in [-0.2, -0.15) is 0 Å². The summed E-state index contributed by atoms with van der Waals surface area (Å²) in [5.41, 5.74) is 0.950. The van der Waals surface area contributed by atoms with E-state index in [1.165, 1.54) is 11.7 Å². The molecule has 0 aliphatic rings. The van der Waals surface area contributed by atoms with Crippen molar-refractivity contribution in [3.05, 3.63) is 74.9 Å². The van der Waals surface area contributed by atoms with Crippen LogP contribution in [0.25, 0.3) is 27.8 Å². The van der Waals surface area contributed by atoms with E-state index in [9.17, 15) is 14.4 Å². The van der Waals surface area contributed by atoms with E-state index in [-0.39, 0.29) is 17.6 Å². The molecule has 7 nitrogen and oxygen atoms in total. The number of benzene rings is 2. The summed E-state index contributed by atoms with van der Waals surface area (Å²) in [6.07, 6.45) is 0. The molecule has 7 heteroatoms. The molecule has 4 rings (SSSR count). The average Bonchev–Trinajstić information content (AvgIpc) is 3.06. The number of carbonyl (C=O) groups excluding carboxylic acids is 1. The Kier molecular flexibility index (Phi) is 3.92. The number of aromatic nitrogens is 2. The zero-order chi connectivity index (χ0) is 19.1. The fraction of sp³-hybridized carbons (Fsp3) is 0.150. The minimum Gasteiger partial charge on any atom is -0.468 e. The maximum atomic E-state index is 13.2. The number of aryl methyl sites for hydroxylation is 1. The van der Waals surface area contributed by atoms with Crippen LogP contribution in [0.1, 0.15) is 5.56 Å². The fourth-order valence-electron chi connectivity index (χ4n) is 3.11. The molecule has 0 unspecified atom stereocenters. The highest BCUT2D eigenvalue weighted by Gasteiger charge is 2.22. The number of para-hydroxylation sites is 1. The largest absolute Gasteiger partial charge is 0.468 e. The van der Waals surface area contributed by atoms with Crippen LogP contribution in [0.3, 0.4) is 0 Å². The van der Waals surface area contributed by atoms with E-state index in [1.54, 1.807) is 48.5 Å². The zero-order valence-electron chi connectivity index (χ0n) is 14.8. The number of methoxy groups -OCH3 is 1. The van der Waals surface area contributed by atoms with Gasteiger partial charge in [0.05, 0.1) is 12.8 Å². The molecule has 0 fully saturated rings. The van der Waals surface area contributed by atoms with E-state index in [2.05, 4.69) is 0 Å². The summed E-state index contributed by atoms with van der Waals surface area (Å²) >= 11 is 0. The first kappa shape index (κ1) is 16.8. The number of hydrogen-bond acceptors (Lipinski definition) is 5. The number of hydrogen-bond donors (Lipinski definition) is 0. The van der Waals surface area contributed by atoms with Crippen molar-refractivity contribution in [2.45, 2.75) is 13.5 Å². The van der Waals surface area contributed by atoms with Crippen molar-refractivity contribution in [2.24, 2.45) is 0 Å². The summed E-state index contributed by atoms with van der Waals surface area (Å²) in [7, 11) is 1.24. The molecule has 0 aliphatic heterocycles. The van der Waals surface area contributed by atoms with Crippen LogP contribution in [0.2, 0.25) is 0 Å². The molecule has 2 aromatic heterocycles. The van der Waals surface area contributed by atoms with E-state index < -0.39 is 17.2 Å². The molecule has 2 aromatic carbocycles. The standard InChI is InChI=1S/C20H16N2O5/c1-12-7-9-13(10-8-12)22-19(24)18-17(14-5-3-4-6-15(14)27-18)21(20(22)25)11-16(23)26-2/h3-10H,11H2,1-2H3. The third-order valence-corrected chi connectivity index (χ3v) is 4.47. The van der Waals surface area contributed by atoms with Gasteiger partial charge in [-0.1, -0.05) is 29.8 Å². The molecule has 0 radical (unpaired) electrons. The van der Waals surface area contributed by atoms with Crippen LogP contribution < -0.4 is 11.2 Å². The molecule has 0 spiro atoms. The monoisotopic (exact) mass is 364 g/mol. The fourth-order valence-corrected chi connectivity index (χ4v) is 3.11. The van der Waals surface area contributed by atoms with Crippen molar-refractivity contribution in [3.8, 4) is 5.69 Å². The second-order valence-corrected chi connectivity index (χ2v) is 6.20. The summed E-state index contributed by atoms with van der Waals surface area (Å²) in [6.45, 7) is 1.58. The molecule has 0 saturated heterocycles. The molecule has 0 N–H and O–H groups in total. The van der Waals surface area contributed by atoms with Crippen LogP contribution >= 0.6 is 0 Å². The van der Waals surface area contributed by atoms with Crippen molar-refractivity contribution in [1.29, 1.82) is 0 Å². The quantitative estimate of drug-likeness (QED) is 0.521. The summed E-state index contributed by atoms with van der Waals surface area (Å²) < 4.78 is 12.7. The lowest BCUT2D eigenvalue weighted by Gasteiger charge is -2.11. The number of fused-ring (bicyclic) bond motifs is 3. The van der Waals surface area contributed by atoms with Gasteiger partial charge in [-0.15, -0.1) is 0 Å². The highest BCUT2D eigenvalue weighted by atomic mass is 16.5. The van der Waals surface area contributed by atoms with Gasteiger partial charge in [0.1, 0.15) is 17.6 Å². The Labute approximate surface area is 153 Å². The number of carbonyl (C=O) groups is 1. The van der Waals surface area contributed by atoms with Crippen molar-refractivity contribution >= 4 is 28.0 Å². The van der Waals surface area contributed by atoms with Crippen molar-refractivity contribution in [3.63, 3.8) is 0 Å². The highest BCUT2D eigenvalue weighted by molar-refractivity contribution is 6.02. The summed E-state index contributed by atoms with van der Waals surface area (Å²) in [5, 5.41) is 0.585. The van der Waals surface area contributed by atoms with Gasteiger partial charge in [-0.25, -0.2) is 9.36 Å². The molecule has 136 valence electrons. The molecule has 0 bridgehead atoms. The molecular formula is C20H16N2O5. The molecular weight excluding hydrogens is 348 g/mol. The third-order valence-electron chi connectivity index (χ3n) is 4.47. The number of rotatable bonds is 3. The van der Waals surface area contributed by atoms with Gasteiger partial charge in [0, 0.05) is 5.39 Å². The lowest BCUT2D eigenvalue weighted by molar-refractivity contribution is -0.141. The van der Waals surface area contributed by atoms with E-state index >= 15 is 0 Å². The van der Waals surface area contributed by atoms with Crippen LogP contribution in [0.5, 0.6) is 0 Å². The first-order valence-electron chi connectivity index (χ1n) is 8.32. The first-order chi connectivity index (χ1) is 13.0. The Hall–Kier alpha value is -3.61. The van der Waals surface area contributed by atoms with Crippen molar-refractivity contribution in [1.82, 2.24) is 9.13 Å². The summed E-state index contributed by atoms with van der Waals surface area (Å²) in [5.74, 6) is -0.599. The van der Waals surface area contributed by atoms with Gasteiger partial charge < -0.3 is 9.15 Å². The van der Waals surface area contributed by atoms with E-state index in [0.29, 0.717) is 16.7 Å². The maximum absolute atomic E-state index is 13.2. The normalized spacial score (nSPS) is 11.2. The summed E-state index contributed by atoms with van der Waals surface area (Å²) in [6, 6.07) is 13.9. The molecule has 0 atom stereocenters. The minimum atomic E-state index is -0.631. The molecule has 0 amide bonds. The molecule has 0 saturated carbocycles. The minimum absolute atomic E-state index is 0.0141. The van der Waals surface area contributed by atoms with Gasteiger partial charge in [-0.3, -0.25) is 14.2 Å². The van der Waals surface area contributed by atoms with Gasteiger partial charge in [0.15, 0.2) is 0 Å². The zero-order valence-corrected chi connectivity index (χ0v) is 14.8. The third kappa shape index (κ3) is 2.64. The van der Waals surface area contributed by atoms with Crippen molar-refractivity contribution < 1.29 is 13.9 Å². The topological polar surface area (TPSA) is 83.4 Å². The maximum Gasteiger partial charge on any atom is 0.336 e. The van der Waals surface area contributed by atoms with Gasteiger partial charge in [0.25, 0.3) is 0 Å². The van der Waals surface area contributed by atoms with Gasteiger partial charge >= 0.3 is 17.2 Å². The lowest BCUT2D eigenvalue weighted by Crippen LogP contribution is -2.40. The number of esters is 1. The Bertz CT molecular complexity index is 1290. The van der Waals surface area contributed by atoms with Crippen LogP contribution in [-0.2, 0) is 16.1 Å². The van der Waals surface area contributed by atoms with Gasteiger partial charge in [0.2, 0.25) is 5.58 Å². The second-order valence-electron chi connectivity index (χ2n) is 6.20. The number of ether oxygens (including phenoxy) is 1. The lowest BCUT2D eigenvalue weighted by atomic mass is 10.2. The van der Waals surface area contributed by atoms with E-state index in [0.717, 1.165) is 10.1 Å². The number of nitrogens with zero attached hydrogens (tertiary/aromatic N) is 2. The first-order valence-corrected chi connectivity index (χ1v) is 8.32. The van der Waals surface area contributed by atoms with Crippen LogP contribution in [-0.4, -0.2) is 22.2 Å². The molecule has 27 heavy (non-hydrogen) atoms. The molecule has 0 aliphatic carbocycles. The molecule has 2 heterocycles. The SMILES string of the molecule is COC(=O)Cn1c(=O)n(-c2ccc(C)cc2)c(=O)c2oc3ccccc3c21. The van der Waals surface area contributed by atoms with Crippen molar-refractivity contribution in [2.75, 3.05) is 7.11 Å². The number of furan rings is 1. The molecule has 4 aromatic rings. The predicted octanol–water partition coefficient (Wildman–Crippen LogP) is 2.38. The Morgan fingerprint density at radius 1 is 1.07 bits per heavy atom. The van der Waals surface area contributed by atoms with Crippen LogP contribution in [0.15, 0.2) is 62.5 Å². The second kappa shape index (κ2) is 6.28. The van der Waals surface area contributed by atoms with Crippen LogP contribution in [0, 0.1) is 6.92 Å². The Balaban J connectivity index is 2.16. The predicted molar refractivity (Wildman–Crippen MR) is 100 cm³/mol. The average molecular weight is 364 g/mol. The summed E-state index contributed by atoms with van der Waals surface area (Å²) in [4.78, 5) is 38.1. The van der Waals surface area contributed by atoms with Crippen LogP contribution in [0.4, 0.5) is 0 Å². The van der Waals surface area contributed by atoms with Gasteiger partial charge in [-0.05, 0) is 31.2 Å². The van der Waals surface area contributed by atoms with E-state index in [1.807, 2.05) is 6.92 Å². The smallest absolute Gasteiger partial charge is 0.336 e. The Morgan fingerprint density at radius 2 is 1.78 bits per heavy atom.